The summed E-state index contributed by atoms with van der Waals surface area (Å²) in [5.74, 6) is 0.319. The summed E-state index contributed by atoms with van der Waals surface area (Å²) < 4.78 is 33.0. The molecule has 1 amide bonds. The van der Waals surface area contributed by atoms with Gasteiger partial charge < -0.3 is 10.1 Å². The number of methoxy groups -OCH3 is 1. The molecular formula is C23H28ClN3O4S. The summed E-state index contributed by atoms with van der Waals surface area (Å²) in [5.41, 5.74) is 3.81. The number of rotatable bonds is 6. The van der Waals surface area contributed by atoms with Crippen molar-refractivity contribution in [2.24, 2.45) is 0 Å². The summed E-state index contributed by atoms with van der Waals surface area (Å²) >= 11 is 6.12. The van der Waals surface area contributed by atoms with E-state index in [2.05, 4.69) is 5.32 Å². The summed E-state index contributed by atoms with van der Waals surface area (Å²) in [5, 5.41) is 3.44. The lowest BCUT2D eigenvalue weighted by Gasteiger charge is -2.33. The molecule has 0 spiro atoms. The molecule has 2 aromatic carbocycles. The van der Waals surface area contributed by atoms with Gasteiger partial charge in [0.15, 0.2) is 0 Å². The second-order valence-corrected chi connectivity index (χ2v) is 10.7. The molecule has 1 heterocycles. The summed E-state index contributed by atoms with van der Waals surface area (Å²) in [4.78, 5) is 14.9. The van der Waals surface area contributed by atoms with E-state index in [1.54, 1.807) is 18.2 Å². The predicted molar refractivity (Wildman–Crippen MR) is 125 cm³/mol. The van der Waals surface area contributed by atoms with Crippen molar-refractivity contribution in [2.75, 3.05) is 45.2 Å². The Balaban J connectivity index is 1.35. The number of piperazine rings is 1. The second-order valence-electron chi connectivity index (χ2n) is 8.31. The number of aryl methyl sites for hydroxylation is 3. The number of fused-ring (bicyclic) bond motifs is 1. The molecule has 1 aliphatic heterocycles. The van der Waals surface area contributed by atoms with Gasteiger partial charge in [-0.25, -0.2) is 8.42 Å². The maximum atomic E-state index is 13.1. The molecule has 172 valence electrons. The zero-order valence-corrected chi connectivity index (χ0v) is 19.9. The highest BCUT2D eigenvalue weighted by molar-refractivity contribution is 7.89. The highest BCUT2D eigenvalue weighted by atomic mass is 35.5. The van der Waals surface area contributed by atoms with Gasteiger partial charge in [-0.2, -0.15) is 4.31 Å². The summed E-state index contributed by atoms with van der Waals surface area (Å²) in [6, 6.07) is 8.96. The van der Waals surface area contributed by atoms with Gasteiger partial charge in [0.2, 0.25) is 15.9 Å². The molecule has 1 saturated heterocycles. The predicted octanol–water partition coefficient (Wildman–Crippen LogP) is 3.09. The quantitative estimate of drug-likeness (QED) is 0.691. The fourth-order valence-electron chi connectivity index (χ4n) is 4.31. The zero-order chi connectivity index (χ0) is 22.9. The van der Waals surface area contributed by atoms with Gasteiger partial charge in [0.05, 0.1) is 24.2 Å². The van der Waals surface area contributed by atoms with E-state index in [4.69, 9.17) is 16.3 Å². The maximum absolute atomic E-state index is 13.1. The first-order chi connectivity index (χ1) is 15.3. The van der Waals surface area contributed by atoms with E-state index in [-0.39, 0.29) is 12.5 Å². The summed E-state index contributed by atoms with van der Waals surface area (Å²) in [6.07, 6.45) is 3.05. The highest BCUT2D eigenvalue weighted by Gasteiger charge is 2.30. The molecule has 2 aliphatic rings. The van der Waals surface area contributed by atoms with Crippen molar-refractivity contribution >= 4 is 33.2 Å². The number of hydrogen-bond donors (Lipinski definition) is 1. The van der Waals surface area contributed by atoms with Gasteiger partial charge in [0.25, 0.3) is 0 Å². The number of carbonyl (C=O) groups is 1. The first-order valence-corrected chi connectivity index (χ1v) is 12.6. The Morgan fingerprint density at radius 2 is 1.81 bits per heavy atom. The lowest BCUT2D eigenvalue weighted by atomic mass is 10.1. The van der Waals surface area contributed by atoms with Crippen molar-refractivity contribution in [3.05, 3.63) is 52.0 Å². The van der Waals surface area contributed by atoms with Crippen molar-refractivity contribution < 1.29 is 17.9 Å². The molecule has 0 atom stereocenters. The molecule has 0 aromatic heterocycles. The van der Waals surface area contributed by atoms with E-state index in [0.29, 0.717) is 47.5 Å². The SMILES string of the molecule is COc1cc(Cl)c(C)cc1NC(=O)CN1CCN(S(=O)(=O)c2ccc3c(c2)CCC3)CC1. The van der Waals surface area contributed by atoms with E-state index in [1.807, 2.05) is 24.0 Å². The van der Waals surface area contributed by atoms with Gasteiger partial charge >= 0.3 is 0 Å². The topological polar surface area (TPSA) is 79.0 Å². The average molecular weight is 478 g/mol. The number of nitrogens with zero attached hydrogens (tertiary/aromatic N) is 2. The standard InChI is InChI=1S/C23H28ClN3O4S/c1-16-12-21(22(31-2)14-20(16)24)25-23(28)15-26-8-10-27(11-9-26)32(29,30)19-7-6-17-4-3-5-18(17)13-19/h6-7,12-14H,3-5,8-11,15H2,1-2H3,(H,25,28). The van der Waals surface area contributed by atoms with Crippen LogP contribution in [0.3, 0.4) is 0 Å². The number of sulfonamides is 1. The van der Waals surface area contributed by atoms with Crippen LogP contribution in [-0.4, -0.2) is 63.4 Å². The number of ether oxygens (including phenoxy) is 1. The van der Waals surface area contributed by atoms with Crippen LogP contribution in [0.15, 0.2) is 35.2 Å². The molecule has 32 heavy (non-hydrogen) atoms. The molecule has 4 rings (SSSR count). The van der Waals surface area contributed by atoms with Gasteiger partial charge in [-0.3, -0.25) is 9.69 Å². The Hall–Kier alpha value is -2.13. The van der Waals surface area contributed by atoms with Gasteiger partial charge in [-0.15, -0.1) is 0 Å². The van der Waals surface area contributed by atoms with Gasteiger partial charge in [-0.1, -0.05) is 17.7 Å². The Morgan fingerprint density at radius 1 is 1.09 bits per heavy atom. The number of nitrogens with one attached hydrogen (secondary N) is 1. The minimum absolute atomic E-state index is 0.178. The first-order valence-electron chi connectivity index (χ1n) is 10.8. The van der Waals surface area contributed by atoms with Crippen LogP contribution in [0.4, 0.5) is 5.69 Å². The van der Waals surface area contributed by atoms with Gasteiger partial charge in [0, 0.05) is 37.3 Å². The number of hydrogen-bond acceptors (Lipinski definition) is 5. The fourth-order valence-corrected chi connectivity index (χ4v) is 5.94. The third-order valence-electron chi connectivity index (χ3n) is 6.16. The Labute approximate surface area is 194 Å². The number of benzene rings is 2. The van der Waals surface area contributed by atoms with Gasteiger partial charge in [0.1, 0.15) is 5.75 Å². The third kappa shape index (κ3) is 4.78. The monoisotopic (exact) mass is 477 g/mol. The molecule has 0 radical (unpaired) electrons. The molecule has 0 unspecified atom stereocenters. The maximum Gasteiger partial charge on any atom is 0.243 e. The normalized spacial score (nSPS) is 17.2. The Kier molecular flexibility index (Phi) is 6.76. The minimum atomic E-state index is -3.52. The number of halogens is 1. The summed E-state index contributed by atoms with van der Waals surface area (Å²) in [6.45, 7) is 3.74. The lowest BCUT2D eigenvalue weighted by molar-refractivity contribution is -0.117. The van der Waals surface area contributed by atoms with Crippen LogP contribution in [0.1, 0.15) is 23.1 Å². The molecule has 0 bridgehead atoms. The van der Waals surface area contributed by atoms with Crippen molar-refractivity contribution in [3.8, 4) is 5.75 Å². The Morgan fingerprint density at radius 3 is 2.53 bits per heavy atom. The molecule has 2 aromatic rings. The molecule has 9 heteroatoms. The van der Waals surface area contributed by atoms with Crippen LogP contribution in [0, 0.1) is 6.92 Å². The molecular weight excluding hydrogens is 450 g/mol. The van der Waals surface area contributed by atoms with E-state index in [9.17, 15) is 13.2 Å². The average Bonchev–Trinajstić information content (AvgIpc) is 3.24. The van der Waals surface area contributed by atoms with E-state index >= 15 is 0 Å². The molecule has 1 N–H and O–H groups in total. The molecule has 1 aliphatic carbocycles. The Bertz CT molecular complexity index is 1130. The second kappa shape index (κ2) is 9.39. The largest absolute Gasteiger partial charge is 0.495 e. The van der Waals surface area contributed by atoms with E-state index in [0.717, 1.165) is 30.4 Å². The minimum Gasteiger partial charge on any atom is -0.495 e. The van der Waals surface area contributed by atoms with Crippen molar-refractivity contribution in [1.29, 1.82) is 0 Å². The number of carbonyl (C=O) groups excluding carboxylic acids is 1. The van der Waals surface area contributed by atoms with Crippen molar-refractivity contribution in [1.82, 2.24) is 9.21 Å². The molecule has 0 saturated carbocycles. The van der Waals surface area contributed by atoms with Crippen LogP contribution in [0.2, 0.25) is 5.02 Å². The van der Waals surface area contributed by atoms with E-state index in [1.165, 1.54) is 17.0 Å². The first kappa shape index (κ1) is 23.0. The lowest BCUT2D eigenvalue weighted by Crippen LogP contribution is -2.50. The molecule has 7 nitrogen and oxygen atoms in total. The number of amides is 1. The zero-order valence-electron chi connectivity index (χ0n) is 18.4. The molecule has 1 fully saturated rings. The van der Waals surface area contributed by atoms with Crippen LogP contribution < -0.4 is 10.1 Å². The van der Waals surface area contributed by atoms with Crippen molar-refractivity contribution in [2.45, 2.75) is 31.1 Å². The van der Waals surface area contributed by atoms with Crippen LogP contribution in [0.5, 0.6) is 5.75 Å². The van der Waals surface area contributed by atoms with E-state index < -0.39 is 10.0 Å². The van der Waals surface area contributed by atoms with Crippen LogP contribution in [-0.2, 0) is 27.7 Å². The van der Waals surface area contributed by atoms with Crippen LogP contribution >= 0.6 is 11.6 Å². The highest BCUT2D eigenvalue weighted by Crippen LogP contribution is 2.31. The van der Waals surface area contributed by atoms with Gasteiger partial charge in [-0.05, 0) is 61.1 Å². The summed E-state index contributed by atoms with van der Waals surface area (Å²) in [7, 11) is -2.00. The fraction of sp³-hybridized carbons (Fsp3) is 0.435. The third-order valence-corrected chi connectivity index (χ3v) is 8.46. The van der Waals surface area contributed by atoms with Crippen LogP contribution in [0.25, 0.3) is 0 Å². The number of anilines is 1. The smallest absolute Gasteiger partial charge is 0.243 e. The van der Waals surface area contributed by atoms with Crippen molar-refractivity contribution in [3.63, 3.8) is 0 Å².